The molecule has 0 fully saturated rings. The van der Waals surface area contributed by atoms with Crippen LogP contribution in [-0.2, 0) is 10.3 Å². The molecule has 3 heterocycles. The molecule has 1 aliphatic heterocycles. The lowest BCUT2D eigenvalue weighted by Gasteiger charge is -2.32. The van der Waals surface area contributed by atoms with Crippen LogP contribution < -0.4 is 5.73 Å². The standard InChI is InChI=1S/C14H14ClN5OS/c1-14(6-12(21)20(2)13(16)17-14)10-5-8(7-22-10)9-3-4-11(15)19-18-9/h3-5,7H,6H2,1-2H3,(H2,16,17)/t14-/m0/s1. The highest BCUT2D eigenvalue weighted by molar-refractivity contribution is 7.10. The Kier molecular flexibility index (Phi) is 3.62. The predicted molar refractivity (Wildman–Crippen MR) is 86.7 cm³/mol. The summed E-state index contributed by atoms with van der Waals surface area (Å²) in [6, 6.07) is 5.47. The second-order valence-electron chi connectivity index (χ2n) is 5.31. The Labute approximate surface area is 136 Å². The molecular formula is C14H14ClN5OS. The second-order valence-corrected chi connectivity index (χ2v) is 6.61. The molecule has 1 atom stereocenters. The normalized spacial score (nSPS) is 21.9. The molecule has 1 amide bonds. The van der Waals surface area contributed by atoms with Crippen molar-refractivity contribution in [2.24, 2.45) is 10.7 Å². The molecule has 0 aromatic carbocycles. The smallest absolute Gasteiger partial charge is 0.231 e. The number of hydrogen-bond donors (Lipinski definition) is 1. The predicted octanol–water partition coefficient (Wildman–Crippen LogP) is 2.25. The Balaban J connectivity index is 1.97. The second kappa shape index (κ2) is 5.33. The van der Waals surface area contributed by atoms with Crippen molar-refractivity contribution in [2.75, 3.05) is 7.05 Å². The number of hydrogen-bond acceptors (Lipinski definition) is 6. The molecule has 6 nitrogen and oxygen atoms in total. The SMILES string of the molecule is CN1C(=O)C[C@@](C)(c2cc(-c3ccc(Cl)nn3)cs2)N=C1N. The molecule has 0 spiro atoms. The van der Waals surface area contributed by atoms with Gasteiger partial charge in [0.1, 0.15) is 5.54 Å². The minimum absolute atomic E-state index is 0.0452. The number of halogens is 1. The molecule has 114 valence electrons. The number of guanidine groups is 1. The number of rotatable bonds is 2. The van der Waals surface area contributed by atoms with Gasteiger partial charge in [0.2, 0.25) is 5.91 Å². The number of aromatic nitrogens is 2. The number of carbonyl (C=O) groups is 1. The summed E-state index contributed by atoms with van der Waals surface area (Å²) in [7, 11) is 1.63. The van der Waals surface area contributed by atoms with Crippen molar-refractivity contribution in [1.82, 2.24) is 15.1 Å². The van der Waals surface area contributed by atoms with Crippen LogP contribution in [0.1, 0.15) is 18.2 Å². The molecule has 1 aliphatic rings. The van der Waals surface area contributed by atoms with Crippen molar-refractivity contribution < 1.29 is 4.79 Å². The first kappa shape index (κ1) is 14.9. The van der Waals surface area contributed by atoms with E-state index < -0.39 is 5.54 Å². The summed E-state index contributed by atoms with van der Waals surface area (Å²) in [6.07, 6.45) is 0.288. The quantitative estimate of drug-likeness (QED) is 0.912. The third-order valence-electron chi connectivity index (χ3n) is 3.63. The Hall–Kier alpha value is -1.99. The van der Waals surface area contributed by atoms with Crippen molar-refractivity contribution in [3.8, 4) is 11.3 Å². The summed E-state index contributed by atoms with van der Waals surface area (Å²) in [5.74, 6) is 0.191. The lowest BCUT2D eigenvalue weighted by Crippen LogP contribution is -2.47. The maximum atomic E-state index is 12.0. The number of amides is 1. The highest BCUT2D eigenvalue weighted by Gasteiger charge is 2.37. The minimum atomic E-state index is -0.642. The molecule has 0 saturated heterocycles. The first-order chi connectivity index (χ1) is 10.4. The maximum Gasteiger partial charge on any atom is 0.231 e. The van der Waals surface area contributed by atoms with Gasteiger partial charge in [0.05, 0.1) is 12.1 Å². The zero-order chi connectivity index (χ0) is 15.9. The average Bonchev–Trinajstić information content (AvgIpc) is 2.96. The van der Waals surface area contributed by atoms with Gasteiger partial charge in [-0.05, 0) is 25.1 Å². The summed E-state index contributed by atoms with van der Waals surface area (Å²) in [5, 5.41) is 10.2. The van der Waals surface area contributed by atoms with Crippen LogP contribution in [0.4, 0.5) is 0 Å². The van der Waals surface area contributed by atoms with E-state index in [0.717, 1.165) is 16.1 Å². The lowest BCUT2D eigenvalue weighted by atomic mass is 9.93. The van der Waals surface area contributed by atoms with E-state index in [-0.39, 0.29) is 18.3 Å². The molecule has 0 unspecified atom stereocenters. The molecule has 8 heteroatoms. The van der Waals surface area contributed by atoms with Crippen LogP contribution in [0.3, 0.4) is 0 Å². The van der Waals surface area contributed by atoms with Crippen LogP contribution in [0.5, 0.6) is 0 Å². The average molecular weight is 336 g/mol. The van der Waals surface area contributed by atoms with Crippen LogP contribution in [0.15, 0.2) is 28.6 Å². The lowest BCUT2D eigenvalue weighted by molar-refractivity contribution is -0.128. The van der Waals surface area contributed by atoms with Crippen LogP contribution in [-0.4, -0.2) is 34.0 Å². The Morgan fingerprint density at radius 3 is 2.82 bits per heavy atom. The fourth-order valence-corrected chi connectivity index (χ4v) is 3.38. The maximum absolute atomic E-state index is 12.0. The van der Waals surface area contributed by atoms with E-state index in [1.807, 2.05) is 18.4 Å². The van der Waals surface area contributed by atoms with Crippen LogP contribution in [0, 0.1) is 0 Å². The first-order valence-electron chi connectivity index (χ1n) is 6.59. The van der Waals surface area contributed by atoms with Gasteiger partial charge in [-0.25, -0.2) is 4.99 Å². The van der Waals surface area contributed by atoms with Crippen LogP contribution in [0.2, 0.25) is 5.15 Å². The van der Waals surface area contributed by atoms with Gasteiger partial charge in [0.25, 0.3) is 0 Å². The molecule has 0 saturated carbocycles. The number of thiophene rings is 1. The molecule has 2 aromatic heterocycles. The molecule has 22 heavy (non-hydrogen) atoms. The summed E-state index contributed by atoms with van der Waals surface area (Å²) < 4.78 is 0. The largest absolute Gasteiger partial charge is 0.369 e. The molecule has 0 aliphatic carbocycles. The third kappa shape index (κ3) is 2.57. The van der Waals surface area contributed by atoms with Gasteiger partial charge < -0.3 is 5.73 Å². The molecule has 2 aromatic rings. The van der Waals surface area contributed by atoms with E-state index in [4.69, 9.17) is 17.3 Å². The van der Waals surface area contributed by atoms with Crippen LogP contribution >= 0.6 is 22.9 Å². The fourth-order valence-electron chi connectivity index (χ4n) is 2.27. The Bertz CT molecular complexity index is 757. The van der Waals surface area contributed by atoms with E-state index in [9.17, 15) is 4.79 Å². The number of nitrogens with two attached hydrogens (primary N) is 1. The molecule has 3 rings (SSSR count). The zero-order valence-electron chi connectivity index (χ0n) is 12.1. The highest BCUT2D eigenvalue weighted by Crippen LogP contribution is 2.38. The molecular weight excluding hydrogens is 322 g/mol. The van der Waals surface area contributed by atoms with E-state index in [2.05, 4.69) is 15.2 Å². The fraction of sp³-hybridized carbons (Fsp3) is 0.286. The van der Waals surface area contributed by atoms with Crippen LogP contribution in [0.25, 0.3) is 11.3 Å². The summed E-state index contributed by atoms with van der Waals surface area (Å²) >= 11 is 7.27. The minimum Gasteiger partial charge on any atom is -0.369 e. The van der Waals surface area contributed by atoms with Crippen molar-refractivity contribution in [2.45, 2.75) is 18.9 Å². The highest BCUT2D eigenvalue weighted by atomic mass is 35.5. The number of nitrogens with zero attached hydrogens (tertiary/aromatic N) is 4. The van der Waals surface area contributed by atoms with Crippen molar-refractivity contribution in [3.63, 3.8) is 0 Å². The van der Waals surface area contributed by atoms with Gasteiger partial charge >= 0.3 is 0 Å². The van der Waals surface area contributed by atoms with E-state index in [1.54, 1.807) is 19.2 Å². The van der Waals surface area contributed by atoms with Gasteiger partial charge in [-0.3, -0.25) is 9.69 Å². The Morgan fingerprint density at radius 1 is 1.41 bits per heavy atom. The van der Waals surface area contributed by atoms with Gasteiger partial charge in [-0.1, -0.05) is 11.6 Å². The van der Waals surface area contributed by atoms with Crippen molar-refractivity contribution in [3.05, 3.63) is 33.6 Å². The Morgan fingerprint density at radius 2 is 2.18 bits per heavy atom. The first-order valence-corrected chi connectivity index (χ1v) is 7.85. The van der Waals surface area contributed by atoms with Gasteiger partial charge in [0.15, 0.2) is 11.1 Å². The van der Waals surface area contributed by atoms with E-state index >= 15 is 0 Å². The summed E-state index contributed by atoms with van der Waals surface area (Å²) in [5.41, 5.74) is 6.85. The topological polar surface area (TPSA) is 84.5 Å². The van der Waals surface area contributed by atoms with Crippen molar-refractivity contribution in [1.29, 1.82) is 0 Å². The summed E-state index contributed by atoms with van der Waals surface area (Å²) in [6.45, 7) is 1.91. The zero-order valence-corrected chi connectivity index (χ0v) is 13.6. The number of carbonyl (C=O) groups excluding carboxylic acids is 1. The molecule has 2 N–H and O–H groups in total. The number of aliphatic imine (C=N–C) groups is 1. The monoisotopic (exact) mass is 335 g/mol. The summed E-state index contributed by atoms with van der Waals surface area (Å²) in [4.78, 5) is 18.9. The van der Waals surface area contributed by atoms with Gasteiger partial charge in [-0.15, -0.1) is 21.5 Å². The molecule has 0 bridgehead atoms. The van der Waals surface area contributed by atoms with Gasteiger partial charge in [-0.2, -0.15) is 0 Å². The van der Waals surface area contributed by atoms with E-state index in [0.29, 0.717) is 5.15 Å². The van der Waals surface area contributed by atoms with E-state index in [1.165, 1.54) is 16.2 Å². The molecule has 0 radical (unpaired) electrons. The van der Waals surface area contributed by atoms with Crippen molar-refractivity contribution >= 4 is 34.8 Å². The van der Waals surface area contributed by atoms with Gasteiger partial charge in [0, 0.05) is 22.9 Å². The third-order valence-corrected chi connectivity index (χ3v) is 5.02.